The van der Waals surface area contributed by atoms with E-state index in [9.17, 15) is 9.59 Å². The summed E-state index contributed by atoms with van der Waals surface area (Å²) < 4.78 is 12.5. The number of para-hydroxylation sites is 1. The quantitative estimate of drug-likeness (QED) is 0.162. The van der Waals surface area contributed by atoms with Crippen LogP contribution in [0.2, 0.25) is 0 Å². The summed E-state index contributed by atoms with van der Waals surface area (Å²) in [7, 11) is 1.54. The molecule has 4 aromatic carbocycles. The second-order valence-corrected chi connectivity index (χ2v) is 9.94. The molecule has 1 heterocycles. The molecule has 190 valence electrons. The van der Waals surface area contributed by atoms with Gasteiger partial charge in [0, 0.05) is 5.56 Å². The van der Waals surface area contributed by atoms with Crippen LogP contribution >= 0.6 is 28.1 Å². The predicted molar refractivity (Wildman–Crippen MR) is 156 cm³/mol. The Bertz CT molecular complexity index is 1620. The summed E-state index contributed by atoms with van der Waals surface area (Å²) in [5.74, 6) is -0.0856. The van der Waals surface area contributed by atoms with Crippen molar-refractivity contribution in [1.29, 1.82) is 0 Å². The van der Waals surface area contributed by atoms with Crippen LogP contribution in [0.1, 0.15) is 16.7 Å². The van der Waals surface area contributed by atoms with Crippen LogP contribution in [0, 0.1) is 6.92 Å². The molecule has 1 N–H and O–H groups in total. The molecule has 0 bridgehead atoms. The van der Waals surface area contributed by atoms with Crippen molar-refractivity contribution >= 4 is 67.6 Å². The maximum absolute atomic E-state index is 13.3. The summed E-state index contributed by atoms with van der Waals surface area (Å²) in [4.78, 5) is 27.3. The number of carbonyl (C=O) groups excluding carboxylic acids is 2. The number of thiocarbonyl (C=S) groups is 1. The Morgan fingerprint density at radius 2 is 1.74 bits per heavy atom. The van der Waals surface area contributed by atoms with Crippen LogP contribution in [0.25, 0.3) is 16.8 Å². The van der Waals surface area contributed by atoms with Crippen LogP contribution in [0.15, 0.2) is 88.9 Å². The number of hydrogen-bond acceptors (Lipinski definition) is 5. The average molecular weight is 587 g/mol. The van der Waals surface area contributed by atoms with Crippen molar-refractivity contribution < 1.29 is 19.1 Å². The third kappa shape index (κ3) is 4.92. The topological polar surface area (TPSA) is 67.9 Å². The van der Waals surface area contributed by atoms with Crippen LogP contribution in [-0.2, 0) is 16.2 Å². The average Bonchev–Trinajstić information content (AvgIpc) is 2.91. The fourth-order valence-corrected chi connectivity index (χ4v) is 5.23. The Kier molecular flexibility index (Phi) is 7.26. The molecule has 38 heavy (non-hydrogen) atoms. The molecule has 0 unspecified atom stereocenters. The van der Waals surface area contributed by atoms with Gasteiger partial charge in [-0.25, -0.2) is 0 Å². The minimum absolute atomic E-state index is 0.0367. The van der Waals surface area contributed by atoms with Gasteiger partial charge in [-0.1, -0.05) is 54.6 Å². The van der Waals surface area contributed by atoms with Crippen LogP contribution < -0.4 is 19.7 Å². The standard InChI is InChI=1S/C30H23BrN2O4S/c1-18-12-13-20-8-6-7-11-22(20)24(18)17-37-27-25(31)15-19(16-26(27)36-2)14-23-28(34)32-30(38)33(29(23)35)21-9-4-3-5-10-21/h3-16H,17H2,1-2H3,(H,32,34,38)/b23-14-. The molecule has 0 aromatic heterocycles. The molecular weight excluding hydrogens is 564 g/mol. The number of anilines is 1. The zero-order chi connectivity index (χ0) is 26.8. The summed E-state index contributed by atoms with van der Waals surface area (Å²) in [6, 6.07) is 24.8. The van der Waals surface area contributed by atoms with E-state index in [1.54, 1.807) is 43.5 Å². The molecule has 1 aliphatic heterocycles. The lowest BCUT2D eigenvalue weighted by molar-refractivity contribution is -0.122. The lowest BCUT2D eigenvalue weighted by Gasteiger charge is -2.28. The fourth-order valence-electron chi connectivity index (χ4n) is 4.38. The highest BCUT2D eigenvalue weighted by Crippen LogP contribution is 2.38. The first kappa shape index (κ1) is 25.6. The van der Waals surface area contributed by atoms with E-state index >= 15 is 0 Å². The van der Waals surface area contributed by atoms with Gasteiger partial charge in [0.25, 0.3) is 11.8 Å². The van der Waals surface area contributed by atoms with Gasteiger partial charge in [0.05, 0.1) is 17.3 Å². The molecule has 1 fully saturated rings. The normalized spacial score (nSPS) is 14.7. The van der Waals surface area contributed by atoms with Gasteiger partial charge in [0.15, 0.2) is 16.6 Å². The number of amides is 2. The number of nitrogens with one attached hydrogen (secondary N) is 1. The van der Waals surface area contributed by atoms with Crippen molar-refractivity contribution in [2.45, 2.75) is 13.5 Å². The van der Waals surface area contributed by atoms with Crippen LogP contribution in [0.4, 0.5) is 5.69 Å². The first-order valence-corrected chi connectivity index (χ1v) is 13.0. The molecule has 1 aliphatic rings. The fraction of sp³-hybridized carbons (Fsp3) is 0.100. The van der Waals surface area contributed by atoms with Crippen LogP contribution in [-0.4, -0.2) is 24.0 Å². The minimum Gasteiger partial charge on any atom is -0.493 e. The molecule has 5 rings (SSSR count). The second kappa shape index (κ2) is 10.8. The van der Waals surface area contributed by atoms with Crippen molar-refractivity contribution in [1.82, 2.24) is 5.32 Å². The van der Waals surface area contributed by atoms with E-state index in [1.165, 1.54) is 11.0 Å². The number of rotatable bonds is 6. The summed E-state index contributed by atoms with van der Waals surface area (Å²) in [6.07, 6.45) is 1.52. The summed E-state index contributed by atoms with van der Waals surface area (Å²) >= 11 is 8.85. The lowest BCUT2D eigenvalue weighted by Crippen LogP contribution is -2.54. The summed E-state index contributed by atoms with van der Waals surface area (Å²) in [5, 5.41) is 4.91. The molecule has 0 atom stereocenters. The van der Waals surface area contributed by atoms with Crippen LogP contribution in [0.3, 0.4) is 0 Å². The van der Waals surface area contributed by atoms with Crippen molar-refractivity contribution in [2.24, 2.45) is 0 Å². The van der Waals surface area contributed by atoms with E-state index < -0.39 is 11.8 Å². The first-order valence-electron chi connectivity index (χ1n) is 11.8. The Morgan fingerprint density at radius 1 is 1.00 bits per heavy atom. The van der Waals surface area contributed by atoms with E-state index in [-0.39, 0.29) is 10.7 Å². The SMILES string of the molecule is COc1cc(/C=C2/C(=O)NC(=S)N(c3ccccc3)C2=O)cc(Br)c1OCc1c(C)ccc2ccccc12. The van der Waals surface area contributed by atoms with Gasteiger partial charge >= 0.3 is 0 Å². The Labute approximate surface area is 234 Å². The molecule has 6 nitrogen and oxygen atoms in total. The van der Waals surface area contributed by atoms with Gasteiger partial charge in [-0.2, -0.15) is 0 Å². The largest absolute Gasteiger partial charge is 0.493 e. The number of aryl methyl sites for hydroxylation is 1. The van der Waals surface area contributed by atoms with Crippen LogP contribution in [0.5, 0.6) is 11.5 Å². The van der Waals surface area contributed by atoms with Gasteiger partial charge in [0.1, 0.15) is 12.2 Å². The molecule has 4 aromatic rings. The van der Waals surface area contributed by atoms with E-state index in [1.807, 2.05) is 18.2 Å². The number of methoxy groups -OCH3 is 1. The highest BCUT2D eigenvalue weighted by Gasteiger charge is 2.34. The zero-order valence-electron chi connectivity index (χ0n) is 20.7. The van der Waals surface area contributed by atoms with Gasteiger partial charge in [-0.15, -0.1) is 0 Å². The monoisotopic (exact) mass is 586 g/mol. The van der Waals surface area contributed by atoms with Gasteiger partial charge < -0.3 is 9.47 Å². The number of nitrogens with zero attached hydrogens (tertiary/aromatic N) is 1. The molecule has 0 spiro atoms. The maximum atomic E-state index is 13.3. The third-order valence-electron chi connectivity index (χ3n) is 6.31. The Balaban J connectivity index is 1.46. The molecule has 8 heteroatoms. The molecule has 0 aliphatic carbocycles. The number of fused-ring (bicyclic) bond motifs is 1. The van der Waals surface area contributed by atoms with Gasteiger partial charge in [0.2, 0.25) is 0 Å². The van der Waals surface area contributed by atoms with Crippen molar-refractivity contribution in [3.63, 3.8) is 0 Å². The van der Waals surface area contributed by atoms with E-state index in [2.05, 4.69) is 52.4 Å². The maximum Gasteiger partial charge on any atom is 0.270 e. The number of halogens is 1. The highest BCUT2D eigenvalue weighted by molar-refractivity contribution is 9.10. The molecule has 0 radical (unpaired) electrons. The van der Waals surface area contributed by atoms with Crippen molar-refractivity contribution in [2.75, 3.05) is 12.0 Å². The van der Waals surface area contributed by atoms with E-state index in [4.69, 9.17) is 21.7 Å². The smallest absolute Gasteiger partial charge is 0.270 e. The zero-order valence-corrected chi connectivity index (χ0v) is 23.1. The number of carbonyl (C=O) groups is 2. The lowest BCUT2D eigenvalue weighted by atomic mass is 10.0. The number of ether oxygens (including phenoxy) is 2. The van der Waals surface area contributed by atoms with E-state index in [0.717, 1.165) is 21.9 Å². The minimum atomic E-state index is -0.561. The van der Waals surface area contributed by atoms with Gasteiger partial charge in [-0.3, -0.25) is 19.8 Å². The Hall–Kier alpha value is -4.01. The second-order valence-electron chi connectivity index (χ2n) is 8.70. The van der Waals surface area contributed by atoms with Gasteiger partial charge in [-0.05, 0) is 87.3 Å². The van der Waals surface area contributed by atoms with Crippen molar-refractivity contribution in [3.8, 4) is 11.5 Å². The molecular formula is C30H23BrN2O4S. The first-order chi connectivity index (χ1) is 18.4. The third-order valence-corrected chi connectivity index (χ3v) is 7.19. The van der Waals surface area contributed by atoms with Crippen molar-refractivity contribution in [3.05, 3.63) is 106 Å². The highest BCUT2D eigenvalue weighted by atomic mass is 79.9. The number of hydrogen-bond donors (Lipinski definition) is 1. The van der Waals surface area contributed by atoms with E-state index in [0.29, 0.717) is 33.8 Å². The number of benzene rings is 4. The Morgan fingerprint density at radius 3 is 2.50 bits per heavy atom. The molecule has 1 saturated heterocycles. The summed E-state index contributed by atoms with van der Waals surface area (Å²) in [5.41, 5.74) is 3.32. The predicted octanol–water partition coefficient (Wildman–Crippen LogP) is 6.33. The summed E-state index contributed by atoms with van der Waals surface area (Å²) in [6.45, 7) is 2.40. The molecule has 0 saturated carbocycles. The molecule has 2 amide bonds.